The molecule has 0 unspecified atom stereocenters. The summed E-state index contributed by atoms with van der Waals surface area (Å²) < 4.78 is 39.8. The maximum Gasteiger partial charge on any atom is 0.416 e. The van der Waals surface area contributed by atoms with Gasteiger partial charge in [-0.2, -0.15) is 13.2 Å². The second-order valence-electron chi connectivity index (χ2n) is 6.91. The lowest BCUT2D eigenvalue weighted by Crippen LogP contribution is -2.14. The molecule has 0 aliphatic carbocycles. The van der Waals surface area contributed by atoms with E-state index in [2.05, 4.69) is 15.3 Å². The first kappa shape index (κ1) is 21.1. The molecule has 4 aromatic rings. The summed E-state index contributed by atoms with van der Waals surface area (Å²) in [7, 11) is 0. The van der Waals surface area contributed by atoms with Crippen LogP contribution in [0.1, 0.15) is 11.1 Å². The molecule has 5 rings (SSSR count). The molecule has 3 nitrogen and oxygen atoms in total. The van der Waals surface area contributed by atoms with Gasteiger partial charge in [0, 0.05) is 31.3 Å². The average Bonchev–Trinajstić information content (AvgIpc) is 3.16. The number of aliphatic imine (C=N–C) groups is 1. The minimum atomic E-state index is -4.43. The molecule has 2 heterocycles. The van der Waals surface area contributed by atoms with E-state index in [1.165, 1.54) is 29.2 Å². The van der Waals surface area contributed by atoms with Crippen LogP contribution in [0.4, 0.5) is 24.0 Å². The minimum Gasteiger partial charge on any atom is -0.339 e. The van der Waals surface area contributed by atoms with E-state index in [0.717, 1.165) is 33.8 Å². The Bertz CT molecular complexity index is 1330. The Morgan fingerprint density at radius 1 is 0.938 bits per heavy atom. The third-order valence-electron chi connectivity index (χ3n) is 4.76. The van der Waals surface area contributed by atoms with Gasteiger partial charge in [-0.3, -0.25) is 0 Å². The first-order valence-electron chi connectivity index (χ1n) is 9.42. The highest BCUT2D eigenvalue weighted by atomic mass is 35.5. The molecule has 1 N–H and O–H groups in total. The maximum absolute atomic E-state index is 13.3. The summed E-state index contributed by atoms with van der Waals surface area (Å²) in [5.41, 5.74) is 2.10. The number of benzene rings is 3. The molecular formula is C23H13ClF3N3S2. The zero-order chi connectivity index (χ0) is 22.3. The molecule has 0 radical (unpaired) electrons. The number of anilines is 1. The van der Waals surface area contributed by atoms with Gasteiger partial charge in [-0.1, -0.05) is 53.7 Å². The summed E-state index contributed by atoms with van der Waals surface area (Å²) in [5.74, 6) is 0.447. The topological polar surface area (TPSA) is 37.3 Å². The smallest absolute Gasteiger partial charge is 0.339 e. The molecule has 0 saturated carbocycles. The predicted molar refractivity (Wildman–Crippen MR) is 124 cm³/mol. The van der Waals surface area contributed by atoms with Crippen LogP contribution in [0.3, 0.4) is 0 Å². The summed E-state index contributed by atoms with van der Waals surface area (Å²) in [6.45, 7) is 0. The summed E-state index contributed by atoms with van der Waals surface area (Å²) in [6.07, 6.45) is -4.43. The highest BCUT2D eigenvalue weighted by molar-refractivity contribution is 7.99. The van der Waals surface area contributed by atoms with Gasteiger partial charge >= 0.3 is 6.18 Å². The fraction of sp³-hybridized carbons (Fsp3) is 0.0435. The molecule has 0 saturated heterocycles. The highest BCUT2D eigenvalue weighted by Gasteiger charge is 2.32. The lowest BCUT2D eigenvalue weighted by atomic mass is 10.1. The zero-order valence-electron chi connectivity index (χ0n) is 16.2. The van der Waals surface area contributed by atoms with Crippen molar-refractivity contribution in [3.8, 4) is 11.3 Å². The Labute approximate surface area is 195 Å². The van der Waals surface area contributed by atoms with Gasteiger partial charge in [-0.05, 0) is 36.4 Å². The second-order valence-corrected chi connectivity index (χ2v) is 9.27. The lowest BCUT2D eigenvalue weighted by Gasteiger charge is -2.12. The number of hydrogen-bond donors (Lipinski definition) is 1. The molecule has 9 heteroatoms. The van der Waals surface area contributed by atoms with Crippen LogP contribution < -0.4 is 5.32 Å². The third kappa shape index (κ3) is 4.26. The standard InChI is InChI=1S/C23H13ClF3N3S2/c24-15-8-5-13(6-9-15)18-12-31-22(29-18)30-21-16-3-1-2-4-19(16)32-20-10-7-14(23(25,26)27)11-17(20)28-21/h1-12H,(H,28,29,30). The molecule has 0 spiro atoms. The molecule has 32 heavy (non-hydrogen) atoms. The lowest BCUT2D eigenvalue weighted by molar-refractivity contribution is -0.137. The number of thiazole rings is 1. The number of nitrogens with zero attached hydrogens (tertiary/aromatic N) is 2. The van der Waals surface area contributed by atoms with E-state index < -0.39 is 11.7 Å². The summed E-state index contributed by atoms with van der Waals surface area (Å²) in [6, 6.07) is 18.6. The van der Waals surface area contributed by atoms with E-state index in [9.17, 15) is 13.2 Å². The van der Waals surface area contributed by atoms with Gasteiger partial charge < -0.3 is 5.32 Å². The van der Waals surface area contributed by atoms with E-state index in [4.69, 9.17) is 11.6 Å². The van der Waals surface area contributed by atoms with Crippen molar-refractivity contribution >= 4 is 51.4 Å². The summed E-state index contributed by atoms with van der Waals surface area (Å²) >= 11 is 8.71. The molecule has 0 bridgehead atoms. The van der Waals surface area contributed by atoms with Crippen molar-refractivity contribution < 1.29 is 13.2 Å². The van der Waals surface area contributed by atoms with E-state index in [0.29, 0.717) is 26.6 Å². The second kappa shape index (κ2) is 8.27. The maximum atomic E-state index is 13.3. The van der Waals surface area contributed by atoms with Crippen molar-refractivity contribution in [3.63, 3.8) is 0 Å². The van der Waals surface area contributed by atoms with Crippen molar-refractivity contribution in [3.05, 3.63) is 88.3 Å². The Hall–Kier alpha value is -2.81. The van der Waals surface area contributed by atoms with Crippen LogP contribution in [0.5, 0.6) is 0 Å². The van der Waals surface area contributed by atoms with Crippen molar-refractivity contribution in [2.24, 2.45) is 4.99 Å². The molecule has 1 aliphatic heterocycles. The molecule has 1 aromatic heterocycles. The molecular weight excluding hydrogens is 475 g/mol. The third-order valence-corrected chi connectivity index (χ3v) is 6.90. The van der Waals surface area contributed by atoms with E-state index in [1.54, 1.807) is 12.1 Å². The Morgan fingerprint density at radius 2 is 1.72 bits per heavy atom. The van der Waals surface area contributed by atoms with Crippen LogP contribution in [0.15, 0.2) is 86.9 Å². The summed E-state index contributed by atoms with van der Waals surface area (Å²) in [4.78, 5) is 10.8. The number of rotatable bonds is 2. The zero-order valence-corrected chi connectivity index (χ0v) is 18.5. The van der Waals surface area contributed by atoms with Crippen LogP contribution in [0, 0.1) is 0 Å². The molecule has 0 atom stereocenters. The Morgan fingerprint density at radius 3 is 2.50 bits per heavy atom. The van der Waals surface area contributed by atoms with Gasteiger partial charge in [0.15, 0.2) is 0 Å². The van der Waals surface area contributed by atoms with Crippen molar-refractivity contribution in [2.45, 2.75) is 16.0 Å². The number of amidine groups is 1. The quantitative estimate of drug-likeness (QED) is 0.310. The van der Waals surface area contributed by atoms with Gasteiger partial charge in [0.2, 0.25) is 5.13 Å². The number of halogens is 4. The van der Waals surface area contributed by atoms with Gasteiger partial charge in [0.1, 0.15) is 5.84 Å². The largest absolute Gasteiger partial charge is 0.416 e. The fourth-order valence-electron chi connectivity index (χ4n) is 3.21. The number of fused-ring (bicyclic) bond motifs is 2. The van der Waals surface area contributed by atoms with Crippen LogP contribution >= 0.6 is 34.7 Å². The Balaban J connectivity index is 1.57. The SMILES string of the molecule is FC(F)(F)c1ccc2c(c1)N/C(=N\c1nc(-c3ccc(Cl)cc3)cs1)c1ccccc1S2. The van der Waals surface area contributed by atoms with Gasteiger partial charge in [-0.25, -0.2) is 9.98 Å². The molecule has 1 aliphatic rings. The van der Waals surface area contributed by atoms with Crippen LogP contribution in [0.2, 0.25) is 5.02 Å². The highest BCUT2D eigenvalue weighted by Crippen LogP contribution is 2.42. The van der Waals surface area contributed by atoms with Gasteiger partial charge in [0.25, 0.3) is 0 Å². The number of aromatic nitrogens is 1. The van der Waals surface area contributed by atoms with Crippen LogP contribution in [-0.4, -0.2) is 10.8 Å². The minimum absolute atomic E-state index is 0.356. The van der Waals surface area contributed by atoms with Crippen molar-refractivity contribution in [1.29, 1.82) is 0 Å². The monoisotopic (exact) mass is 487 g/mol. The number of alkyl halides is 3. The van der Waals surface area contributed by atoms with E-state index in [-0.39, 0.29) is 0 Å². The average molecular weight is 488 g/mol. The Kier molecular flexibility index (Phi) is 5.44. The first-order valence-corrected chi connectivity index (χ1v) is 11.5. The first-order chi connectivity index (χ1) is 15.4. The van der Waals surface area contributed by atoms with Gasteiger partial charge in [0.05, 0.1) is 16.9 Å². The van der Waals surface area contributed by atoms with Crippen molar-refractivity contribution in [2.75, 3.05) is 5.32 Å². The van der Waals surface area contributed by atoms with Gasteiger partial charge in [-0.15, -0.1) is 11.3 Å². The molecule has 160 valence electrons. The van der Waals surface area contributed by atoms with E-state index >= 15 is 0 Å². The predicted octanol–water partition coefficient (Wildman–Crippen LogP) is 8.14. The normalized spacial score (nSPS) is 14.4. The van der Waals surface area contributed by atoms with Crippen molar-refractivity contribution in [1.82, 2.24) is 4.98 Å². The fourth-order valence-corrected chi connectivity index (χ4v) is 5.05. The summed E-state index contributed by atoms with van der Waals surface area (Å²) in [5, 5.41) is 6.13. The molecule has 0 amide bonds. The molecule has 0 fully saturated rings. The van der Waals surface area contributed by atoms with E-state index in [1.807, 2.05) is 41.8 Å². The van der Waals surface area contributed by atoms with Crippen LogP contribution in [0.25, 0.3) is 11.3 Å². The molecule has 3 aromatic carbocycles. The van der Waals surface area contributed by atoms with Crippen LogP contribution in [-0.2, 0) is 6.18 Å². The number of nitrogens with one attached hydrogen (secondary N) is 1. The number of hydrogen-bond acceptors (Lipinski definition) is 4.